The van der Waals surface area contributed by atoms with Crippen LogP contribution in [0.4, 0.5) is 11.5 Å². The molecule has 2 aromatic heterocycles. The number of halogens is 1. The van der Waals surface area contributed by atoms with Gasteiger partial charge in [0.2, 0.25) is 11.7 Å². The quantitative estimate of drug-likeness (QED) is 0.304. The first kappa shape index (κ1) is 21.9. The van der Waals surface area contributed by atoms with Crippen LogP contribution in [0.2, 0.25) is 5.02 Å². The fourth-order valence-corrected chi connectivity index (χ4v) is 3.01. The summed E-state index contributed by atoms with van der Waals surface area (Å²) in [7, 11) is 0. The summed E-state index contributed by atoms with van der Waals surface area (Å²) in [6.07, 6.45) is 1.91. The fraction of sp³-hybridized carbons (Fsp3) is 0.0909. The molecule has 33 heavy (non-hydrogen) atoms. The molecule has 4 rings (SSSR count). The summed E-state index contributed by atoms with van der Waals surface area (Å²) < 4.78 is 11.3. The van der Waals surface area contributed by atoms with Gasteiger partial charge in [-0.15, -0.1) is 0 Å². The van der Waals surface area contributed by atoms with Crippen LogP contribution in [-0.4, -0.2) is 31.9 Å². The van der Waals surface area contributed by atoms with E-state index in [1.54, 1.807) is 42.5 Å². The van der Waals surface area contributed by atoms with Crippen molar-refractivity contribution in [1.29, 1.82) is 0 Å². The van der Waals surface area contributed by atoms with E-state index in [0.717, 1.165) is 0 Å². The third-order valence-electron chi connectivity index (χ3n) is 4.44. The summed E-state index contributed by atoms with van der Waals surface area (Å²) >= 11 is 5.95. The number of hydrogen-bond acceptors (Lipinski definition) is 8. The normalized spacial score (nSPS) is 11.6. The van der Waals surface area contributed by atoms with Crippen LogP contribution in [0.1, 0.15) is 6.92 Å². The molecule has 0 aliphatic carbocycles. The molecule has 0 radical (unpaired) electrons. The number of fused-ring (bicyclic) bond motifs is 1. The van der Waals surface area contributed by atoms with Crippen molar-refractivity contribution >= 4 is 40.0 Å². The Morgan fingerprint density at radius 1 is 1.09 bits per heavy atom. The molecule has 4 aromatic rings. The molecule has 0 aliphatic rings. The summed E-state index contributed by atoms with van der Waals surface area (Å²) in [6.45, 7) is 1.52. The molecule has 0 bridgehead atoms. The summed E-state index contributed by atoms with van der Waals surface area (Å²) in [5.41, 5.74) is 0.992. The highest BCUT2D eigenvalue weighted by Gasteiger charge is 2.21. The molecule has 0 spiro atoms. The Kier molecular flexibility index (Phi) is 6.27. The minimum absolute atomic E-state index is 0.148. The van der Waals surface area contributed by atoms with Crippen molar-refractivity contribution in [3.05, 3.63) is 82.1 Å². The molecule has 1 amide bonds. The van der Waals surface area contributed by atoms with Gasteiger partial charge in [0.25, 0.3) is 5.91 Å². The number of carbonyl (C=O) groups excluding carboxylic acids is 1. The Bertz CT molecular complexity index is 1330. The van der Waals surface area contributed by atoms with Crippen molar-refractivity contribution in [2.45, 2.75) is 13.0 Å². The molecule has 0 fully saturated rings. The molecular formula is C22H16ClN5O5. The average Bonchev–Trinajstić information content (AvgIpc) is 2.80. The second-order valence-electron chi connectivity index (χ2n) is 6.79. The van der Waals surface area contributed by atoms with Crippen molar-refractivity contribution < 1.29 is 19.2 Å². The zero-order chi connectivity index (χ0) is 23.4. The number of nitrogens with zero attached hydrogens (tertiary/aromatic N) is 4. The Morgan fingerprint density at radius 3 is 2.61 bits per heavy atom. The first-order chi connectivity index (χ1) is 15.9. The Morgan fingerprint density at radius 2 is 1.85 bits per heavy atom. The molecule has 2 heterocycles. The summed E-state index contributed by atoms with van der Waals surface area (Å²) in [5, 5.41) is 14.0. The second kappa shape index (κ2) is 9.45. The number of hydrogen-bond donors (Lipinski definition) is 1. The van der Waals surface area contributed by atoms with Gasteiger partial charge in [0.1, 0.15) is 11.5 Å². The summed E-state index contributed by atoms with van der Waals surface area (Å²) in [6, 6.07) is 14.4. The lowest BCUT2D eigenvalue weighted by Crippen LogP contribution is -2.30. The van der Waals surface area contributed by atoms with Crippen molar-refractivity contribution in [2.24, 2.45) is 0 Å². The van der Waals surface area contributed by atoms with Gasteiger partial charge in [-0.25, -0.2) is 15.0 Å². The van der Waals surface area contributed by atoms with Gasteiger partial charge in [-0.05, 0) is 55.5 Å². The summed E-state index contributed by atoms with van der Waals surface area (Å²) in [4.78, 5) is 35.3. The van der Waals surface area contributed by atoms with E-state index >= 15 is 0 Å². The van der Waals surface area contributed by atoms with E-state index < -0.39 is 16.9 Å². The SMILES string of the molecule is CC(Oc1ccc(Oc2cnc3cc(Cl)ccc3n2)cc1)C(=O)Nc1ncccc1[N+](=O)[O-]. The topological polar surface area (TPSA) is 129 Å². The zero-order valence-corrected chi connectivity index (χ0v) is 17.9. The van der Waals surface area contributed by atoms with Crippen LogP contribution < -0.4 is 14.8 Å². The first-order valence-electron chi connectivity index (χ1n) is 9.66. The highest BCUT2D eigenvalue weighted by molar-refractivity contribution is 6.31. The highest BCUT2D eigenvalue weighted by atomic mass is 35.5. The molecule has 11 heteroatoms. The van der Waals surface area contributed by atoms with Gasteiger partial charge >= 0.3 is 5.69 Å². The van der Waals surface area contributed by atoms with Crippen LogP contribution >= 0.6 is 11.6 Å². The molecule has 0 saturated carbocycles. The lowest BCUT2D eigenvalue weighted by Gasteiger charge is -2.14. The van der Waals surface area contributed by atoms with Crippen LogP contribution in [0.15, 0.2) is 67.0 Å². The van der Waals surface area contributed by atoms with E-state index in [2.05, 4.69) is 20.3 Å². The van der Waals surface area contributed by atoms with Gasteiger partial charge in [-0.1, -0.05) is 11.6 Å². The monoisotopic (exact) mass is 465 g/mol. The maximum absolute atomic E-state index is 12.4. The van der Waals surface area contributed by atoms with Crippen LogP contribution in [0.5, 0.6) is 17.4 Å². The van der Waals surface area contributed by atoms with Gasteiger partial charge in [-0.2, -0.15) is 0 Å². The number of anilines is 1. The van der Waals surface area contributed by atoms with Gasteiger partial charge < -0.3 is 14.8 Å². The molecular weight excluding hydrogens is 450 g/mol. The Balaban J connectivity index is 1.38. The van der Waals surface area contributed by atoms with Crippen LogP contribution in [-0.2, 0) is 4.79 Å². The minimum atomic E-state index is -0.934. The average molecular weight is 466 g/mol. The zero-order valence-electron chi connectivity index (χ0n) is 17.1. The van der Waals surface area contributed by atoms with Crippen LogP contribution in [0.3, 0.4) is 0 Å². The predicted molar refractivity (Wildman–Crippen MR) is 121 cm³/mol. The third-order valence-corrected chi connectivity index (χ3v) is 4.67. The van der Waals surface area contributed by atoms with E-state index in [9.17, 15) is 14.9 Å². The molecule has 1 atom stereocenters. The lowest BCUT2D eigenvalue weighted by atomic mass is 10.3. The standard InChI is InChI=1S/C22H16ClN5O5/c1-13(22(29)27-21-19(28(30)31)3-2-10-24-21)32-15-5-7-16(8-6-15)33-20-12-25-18-11-14(23)4-9-17(18)26-20/h2-13H,1H3,(H,24,27,29). The largest absolute Gasteiger partial charge is 0.481 e. The van der Waals surface area contributed by atoms with Crippen LogP contribution in [0, 0.1) is 10.1 Å². The number of ether oxygens (including phenoxy) is 2. The molecule has 2 aromatic carbocycles. The highest BCUT2D eigenvalue weighted by Crippen LogP contribution is 2.25. The molecule has 1 N–H and O–H groups in total. The molecule has 10 nitrogen and oxygen atoms in total. The van der Waals surface area contributed by atoms with Crippen molar-refractivity contribution in [3.8, 4) is 17.4 Å². The van der Waals surface area contributed by atoms with Crippen LogP contribution in [0.25, 0.3) is 11.0 Å². The van der Waals surface area contributed by atoms with E-state index in [1.165, 1.54) is 31.5 Å². The van der Waals surface area contributed by atoms with Gasteiger partial charge in [-0.3, -0.25) is 14.9 Å². The molecule has 1 unspecified atom stereocenters. The smallest absolute Gasteiger partial charge is 0.311 e. The fourth-order valence-electron chi connectivity index (χ4n) is 2.84. The Hall–Kier alpha value is -4.31. The van der Waals surface area contributed by atoms with Gasteiger partial charge in [0.15, 0.2) is 6.10 Å². The van der Waals surface area contributed by atoms with Gasteiger partial charge in [0, 0.05) is 17.3 Å². The number of nitrogens with one attached hydrogen (secondary N) is 1. The van der Waals surface area contributed by atoms with E-state index in [0.29, 0.717) is 33.4 Å². The maximum atomic E-state index is 12.4. The number of amides is 1. The maximum Gasteiger partial charge on any atom is 0.311 e. The molecule has 0 saturated heterocycles. The molecule has 166 valence electrons. The van der Waals surface area contributed by atoms with Crippen molar-refractivity contribution in [2.75, 3.05) is 5.32 Å². The van der Waals surface area contributed by atoms with Gasteiger partial charge in [0.05, 0.1) is 22.2 Å². The third kappa shape index (κ3) is 5.31. The number of aromatic nitrogens is 3. The summed E-state index contributed by atoms with van der Waals surface area (Å²) in [5.74, 6) is 0.475. The van der Waals surface area contributed by atoms with Crippen molar-refractivity contribution in [1.82, 2.24) is 15.0 Å². The van der Waals surface area contributed by atoms with Crippen molar-refractivity contribution in [3.63, 3.8) is 0 Å². The minimum Gasteiger partial charge on any atom is -0.481 e. The first-order valence-corrected chi connectivity index (χ1v) is 10.0. The number of nitro groups is 1. The van der Waals surface area contributed by atoms with E-state index in [4.69, 9.17) is 21.1 Å². The number of benzene rings is 2. The Labute approximate surface area is 192 Å². The molecule has 0 aliphatic heterocycles. The van der Waals surface area contributed by atoms with E-state index in [1.807, 2.05) is 0 Å². The number of carbonyl (C=O) groups is 1. The number of pyridine rings is 1. The number of rotatable bonds is 7. The lowest BCUT2D eigenvalue weighted by molar-refractivity contribution is -0.384. The predicted octanol–water partition coefficient (Wildman–Crippen LogP) is 4.78. The second-order valence-corrected chi connectivity index (χ2v) is 7.23. The van der Waals surface area contributed by atoms with E-state index in [-0.39, 0.29) is 11.5 Å².